The lowest BCUT2D eigenvalue weighted by atomic mass is 9.70. The molecule has 8 heteroatoms. The zero-order chi connectivity index (χ0) is 23.3. The minimum absolute atomic E-state index is 0.100. The minimum atomic E-state index is -0.711. The van der Waals surface area contributed by atoms with Crippen molar-refractivity contribution in [2.45, 2.75) is 38.6 Å². The lowest BCUT2D eigenvalue weighted by Crippen LogP contribution is -2.45. The fourth-order valence-electron chi connectivity index (χ4n) is 4.92. The maximum Gasteiger partial charge on any atom is 0.247 e. The van der Waals surface area contributed by atoms with Crippen LogP contribution in [-0.2, 0) is 14.4 Å². The maximum absolute atomic E-state index is 13.5. The molecule has 0 bridgehead atoms. The second kappa shape index (κ2) is 11.0. The molecule has 1 aliphatic carbocycles. The number of hydrogen-bond acceptors (Lipinski definition) is 4. The van der Waals surface area contributed by atoms with E-state index in [4.69, 9.17) is 16.7 Å². The molecule has 3 rings (SSSR count). The van der Waals surface area contributed by atoms with E-state index in [0.717, 1.165) is 19.3 Å². The first-order valence-corrected chi connectivity index (χ1v) is 11.6. The van der Waals surface area contributed by atoms with Gasteiger partial charge in [-0.15, -0.1) is 0 Å². The number of halogens is 1. The van der Waals surface area contributed by atoms with Crippen molar-refractivity contribution in [3.05, 3.63) is 41.4 Å². The van der Waals surface area contributed by atoms with E-state index in [1.54, 1.807) is 36.2 Å². The van der Waals surface area contributed by atoms with E-state index in [2.05, 4.69) is 10.6 Å². The van der Waals surface area contributed by atoms with Gasteiger partial charge in [0.1, 0.15) is 6.04 Å². The summed E-state index contributed by atoms with van der Waals surface area (Å²) in [6.07, 6.45) is 7.02. The third-order valence-electron chi connectivity index (χ3n) is 6.53. The Labute approximate surface area is 194 Å². The predicted molar refractivity (Wildman–Crippen MR) is 124 cm³/mol. The molecule has 3 N–H and O–H groups in total. The summed E-state index contributed by atoms with van der Waals surface area (Å²) in [5, 5.41) is 15.0. The molecule has 1 saturated heterocycles. The molecule has 1 fully saturated rings. The monoisotopic (exact) mass is 461 g/mol. The smallest absolute Gasteiger partial charge is 0.247 e. The van der Waals surface area contributed by atoms with Crippen molar-refractivity contribution in [1.29, 1.82) is 0 Å². The number of likely N-dealkylation sites (tertiary alicyclic amines) is 1. The Morgan fingerprint density at radius 2 is 1.81 bits per heavy atom. The zero-order valence-corrected chi connectivity index (χ0v) is 19.3. The number of fused-ring (bicyclic) bond motifs is 1. The molecule has 0 radical (unpaired) electrons. The summed E-state index contributed by atoms with van der Waals surface area (Å²) >= 11 is 6.23. The second-order valence-corrected chi connectivity index (χ2v) is 8.98. The summed E-state index contributed by atoms with van der Waals surface area (Å²) in [6.45, 7) is 2.50. The number of para-hydroxylation sites is 1. The summed E-state index contributed by atoms with van der Waals surface area (Å²) in [4.78, 5) is 41.2. The van der Waals surface area contributed by atoms with E-state index >= 15 is 0 Å². The van der Waals surface area contributed by atoms with Crippen LogP contribution in [0.4, 0.5) is 5.69 Å². The van der Waals surface area contributed by atoms with Crippen molar-refractivity contribution < 1.29 is 19.5 Å². The Hall–Kier alpha value is -2.38. The summed E-state index contributed by atoms with van der Waals surface area (Å²) < 4.78 is 0. The highest BCUT2D eigenvalue weighted by Gasteiger charge is 2.56. The van der Waals surface area contributed by atoms with E-state index in [1.165, 1.54) is 0 Å². The molecule has 0 spiro atoms. The summed E-state index contributed by atoms with van der Waals surface area (Å²) in [5.41, 5.74) is 0.494. The van der Waals surface area contributed by atoms with Gasteiger partial charge in [0.2, 0.25) is 17.7 Å². The maximum atomic E-state index is 13.5. The lowest BCUT2D eigenvalue weighted by molar-refractivity contribution is -0.140. The molecule has 1 aromatic rings. The van der Waals surface area contributed by atoms with Gasteiger partial charge < -0.3 is 20.6 Å². The highest BCUT2D eigenvalue weighted by Crippen LogP contribution is 2.44. The average Bonchev–Trinajstić information content (AvgIpc) is 3.06. The molecular formula is C24H32ClN3O4. The van der Waals surface area contributed by atoms with Gasteiger partial charge in [0.05, 0.1) is 22.5 Å². The van der Waals surface area contributed by atoms with Crippen LogP contribution in [0.1, 0.15) is 32.6 Å². The second-order valence-electron chi connectivity index (χ2n) is 8.57. The molecule has 7 nitrogen and oxygen atoms in total. The van der Waals surface area contributed by atoms with E-state index in [0.29, 0.717) is 23.7 Å². The number of benzene rings is 1. The van der Waals surface area contributed by atoms with Crippen molar-refractivity contribution >= 4 is 35.0 Å². The van der Waals surface area contributed by atoms with E-state index in [-0.39, 0.29) is 36.2 Å². The SMILES string of the molecule is CNC(=O)[C@H]1[C@@H]2C(=O)N(CCCCCCO)[C@H](C(=O)Nc3ccccc3Cl)[C@H]2C=C[C@H]1C. The fourth-order valence-corrected chi connectivity index (χ4v) is 5.10. The molecule has 1 aromatic carbocycles. The van der Waals surface area contributed by atoms with Crippen LogP contribution in [-0.4, -0.2) is 54.0 Å². The quantitative estimate of drug-likeness (QED) is 0.389. The first-order chi connectivity index (χ1) is 15.4. The number of nitrogens with one attached hydrogen (secondary N) is 2. The third kappa shape index (κ3) is 4.99. The van der Waals surface area contributed by atoms with Gasteiger partial charge in [0.15, 0.2) is 0 Å². The fraction of sp³-hybridized carbons (Fsp3) is 0.542. The van der Waals surface area contributed by atoms with Gasteiger partial charge in [-0.25, -0.2) is 0 Å². The molecule has 32 heavy (non-hydrogen) atoms. The highest BCUT2D eigenvalue weighted by molar-refractivity contribution is 6.33. The molecule has 1 aliphatic heterocycles. The number of anilines is 1. The van der Waals surface area contributed by atoms with E-state index < -0.39 is 17.9 Å². The minimum Gasteiger partial charge on any atom is -0.396 e. The van der Waals surface area contributed by atoms with Gasteiger partial charge in [0.25, 0.3) is 0 Å². The van der Waals surface area contributed by atoms with Gasteiger partial charge in [-0.05, 0) is 30.9 Å². The number of amides is 3. The van der Waals surface area contributed by atoms with Crippen LogP contribution in [0.25, 0.3) is 0 Å². The Morgan fingerprint density at radius 1 is 1.09 bits per heavy atom. The van der Waals surface area contributed by atoms with Gasteiger partial charge >= 0.3 is 0 Å². The molecule has 1 heterocycles. The highest BCUT2D eigenvalue weighted by atomic mass is 35.5. The van der Waals surface area contributed by atoms with Gasteiger partial charge in [-0.1, -0.05) is 55.7 Å². The van der Waals surface area contributed by atoms with Crippen LogP contribution in [0, 0.1) is 23.7 Å². The molecule has 174 valence electrons. The first kappa shape index (κ1) is 24.3. The topological polar surface area (TPSA) is 98.7 Å². The summed E-state index contributed by atoms with van der Waals surface area (Å²) in [6, 6.07) is 6.28. The molecule has 0 unspecified atom stereocenters. The van der Waals surface area contributed by atoms with Gasteiger partial charge in [-0.2, -0.15) is 0 Å². The number of aliphatic hydroxyl groups is 1. The Bertz CT molecular complexity index is 875. The molecule has 5 atom stereocenters. The van der Waals surface area contributed by atoms with Crippen LogP contribution < -0.4 is 10.6 Å². The Kier molecular flexibility index (Phi) is 8.32. The summed E-state index contributed by atoms with van der Waals surface area (Å²) in [7, 11) is 1.57. The van der Waals surface area contributed by atoms with E-state index in [1.807, 2.05) is 19.1 Å². The van der Waals surface area contributed by atoms with E-state index in [9.17, 15) is 14.4 Å². The van der Waals surface area contributed by atoms with Crippen LogP contribution in [0.2, 0.25) is 5.02 Å². The third-order valence-corrected chi connectivity index (χ3v) is 6.86. The number of carbonyl (C=O) groups excluding carboxylic acids is 3. The predicted octanol–water partition coefficient (Wildman–Crippen LogP) is 2.84. The normalized spacial score (nSPS) is 26.7. The number of allylic oxidation sites excluding steroid dienone is 1. The number of hydrogen-bond donors (Lipinski definition) is 3. The number of unbranched alkanes of at least 4 members (excludes halogenated alkanes) is 3. The van der Waals surface area contributed by atoms with Crippen molar-refractivity contribution in [1.82, 2.24) is 10.2 Å². The van der Waals surface area contributed by atoms with Gasteiger partial charge in [0, 0.05) is 26.1 Å². The Morgan fingerprint density at radius 3 is 2.50 bits per heavy atom. The lowest BCUT2D eigenvalue weighted by Gasteiger charge is -2.32. The molecule has 2 aliphatic rings. The number of nitrogens with zero attached hydrogens (tertiary/aromatic N) is 1. The van der Waals surface area contributed by atoms with Crippen molar-refractivity contribution in [2.75, 3.05) is 25.5 Å². The van der Waals surface area contributed by atoms with Crippen molar-refractivity contribution in [2.24, 2.45) is 23.7 Å². The van der Waals surface area contributed by atoms with Crippen LogP contribution in [0.5, 0.6) is 0 Å². The van der Waals surface area contributed by atoms with Crippen molar-refractivity contribution in [3.8, 4) is 0 Å². The van der Waals surface area contributed by atoms with Gasteiger partial charge in [-0.3, -0.25) is 14.4 Å². The number of carbonyl (C=O) groups is 3. The van der Waals surface area contributed by atoms with Crippen LogP contribution >= 0.6 is 11.6 Å². The molecule has 3 amide bonds. The average molecular weight is 462 g/mol. The zero-order valence-electron chi connectivity index (χ0n) is 18.6. The van der Waals surface area contributed by atoms with Crippen LogP contribution in [0.3, 0.4) is 0 Å². The largest absolute Gasteiger partial charge is 0.396 e. The first-order valence-electron chi connectivity index (χ1n) is 11.3. The number of rotatable bonds is 9. The standard InChI is InChI=1S/C24H32ClN3O4/c1-15-11-12-16-20(19(15)22(30)26-2)24(32)28(13-7-3-4-8-14-29)21(16)23(31)27-18-10-6-5-9-17(18)25/h5-6,9-12,15-16,19-21,29H,3-4,7-8,13-14H2,1-2H3,(H,26,30)(H,27,31)/t15-,16+,19-,20-,21+/m1/s1. The molecular weight excluding hydrogens is 430 g/mol. The van der Waals surface area contributed by atoms with Crippen molar-refractivity contribution in [3.63, 3.8) is 0 Å². The molecule has 0 saturated carbocycles. The molecule has 0 aromatic heterocycles. The Balaban J connectivity index is 1.88. The van der Waals surface area contributed by atoms with Crippen LogP contribution in [0.15, 0.2) is 36.4 Å². The number of aliphatic hydroxyl groups excluding tert-OH is 1. The summed E-state index contributed by atoms with van der Waals surface area (Å²) in [5.74, 6) is -2.21.